The van der Waals surface area contributed by atoms with Crippen molar-refractivity contribution in [1.29, 1.82) is 0 Å². The van der Waals surface area contributed by atoms with E-state index >= 15 is 0 Å². The highest BCUT2D eigenvalue weighted by molar-refractivity contribution is 5.96. The highest BCUT2D eigenvalue weighted by Crippen LogP contribution is 2.23. The van der Waals surface area contributed by atoms with Gasteiger partial charge in [-0.1, -0.05) is 6.07 Å². The normalized spacial score (nSPS) is 15.0. The molecule has 1 heterocycles. The van der Waals surface area contributed by atoms with Crippen LogP contribution in [0.1, 0.15) is 22.3 Å². The summed E-state index contributed by atoms with van der Waals surface area (Å²) in [7, 11) is 0. The molecule has 0 spiro atoms. The summed E-state index contributed by atoms with van der Waals surface area (Å²) in [6, 6.07) is 4.47. The minimum atomic E-state index is -0.489. The molecule has 1 aromatic rings. The van der Waals surface area contributed by atoms with E-state index in [2.05, 4.69) is 0 Å². The number of hydroxylamine groups is 2. The van der Waals surface area contributed by atoms with Crippen LogP contribution in [0, 0.1) is 17.0 Å². The monoisotopic (exact) mass is 236 g/mol. The molecule has 0 unspecified atom stereocenters. The Morgan fingerprint density at radius 2 is 2.29 bits per heavy atom. The minimum Gasteiger partial charge on any atom is -0.271 e. The standard InChI is InChI=1S/C11H12N2O4/c1-8-9(4-2-5-10(8)13(15)16)11(14)12-6-3-7-17-12/h2,4-5H,3,6-7H2,1H3. The third kappa shape index (κ3) is 2.12. The molecule has 0 aliphatic carbocycles. The lowest BCUT2D eigenvalue weighted by molar-refractivity contribution is -0.385. The van der Waals surface area contributed by atoms with Gasteiger partial charge in [-0.2, -0.15) is 0 Å². The highest BCUT2D eigenvalue weighted by atomic mass is 16.7. The molecule has 2 rings (SSSR count). The second-order valence-corrected chi connectivity index (χ2v) is 3.80. The van der Waals surface area contributed by atoms with Crippen LogP contribution in [-0.4, -0.2) is 29.0 Å². The summed E-state index contributed by atoms with van der Waals surface area (Å²) in [5, 5.41) is 12.0. The van der Waals surface area contributed by atoms with E-state index in [1.165, 1.54) is 17.2 Å². The van der Waals surface area contributed by atoms with Crippen molar-refractivity contribution in [1.82, 2.24) is 5.06 Å². The Labute approximate surface area is 97.9 Å². The topological polar surface area (TPSA) is 72.7 Å². The van der Waals surface area contributed by atoms with E-state index in [-0.39, 0.29) is 11.6 Å². The lowest BCUT2D eigenvalue weighted by Gasteiger charge is -2.14. The number of carbonyl (C=O) groups excluding carboxylic acids is 1. The van der Waals surface area contributed by atoms with E-state index < -0.39 is 4.92 Å². The maximum absolute atomic E-state index is 12.0. The van der Waals surface area contributed by atoms with Gasteiger partial charge in [-0.25, -0.2) is 5.06 Å². The van der Waals surface area contributed by atoms with Crippen LogP contribution in [0.2, 0.25) is 0 Å². The fourth-order valence-electron chi connectivity index (χ4n) is 1.79. The average Bonchev–Trinajstić information content (AvgIpc) is 2.81. The maximum atomic E-state index is 12.0. The van der Waals surface area contributed by atoms with Crippen molar-refractivity contribution >= 4 is 11.6 Å². The van der Waals surface area contributed by atoms with Gasteiger partial charge in [-0.15, -0.1) is 0 Å². The van der Waals surface area contributed by atoms with Crippen molar-refractivity contribution in [2.24, 2.45) is 0 Å². The van der Waals surface area contributed by atoms with Crippen LogP contribution in [0.3, 0.4) is 0 Å². The van der Waals surface area contributed by atoms with Crippen LogP contribution < -0.4 is 0 Å². The molecule has 1 aromatic carbocycles. The number of carbonyl (C=O) groups is 1. The molecule has 0 saturated carbocycles. The number of nitro benzene ring substituents is 1. The molecule has 0 aromatic heterocycles. The summed E-state index contributed by atoms with van der Waals surface area (Å²) in [5.41, 5.74) is 0.647. The molecule has 6 heteroatoms. The zero-order valence-corrected chi connectivity index (χ0v) is 9.38. The van der Waals surface area contributed by atoms with Crippen molar-refractivity contribution in [3.05, 3.63) is 39.4 Å². The Morgan fingerprint density at radius 3 is 2.88 bits per heavy atom. The predicted octanol–water partition coefficient (Wildman–Crippen LogP) is 1.68. The summed E-state index contributed by atoms with van der Waals surface area (Å²) < 4.78 is 0. The molecule has 1 aliphatic rings. The first-order valence-corrected chi connectivity index (χ1v) is 5.30. The third-order valence-electron chi connectivity index (χ3n) is 2.71. The average molecular weight is 236 g/mol. The lowest BCUT2D eigenvalue weighted by Crippen LogP contribution is -2.27. The molecule has 1 saturated heterocycles. The van der Waals surface area contributed by atoms with Gasteiger partial charge in [0.25, 0.3) is 11.6 Å². The van der Waals surface area contributed by atoms with Gasteiger partial charge in [0.05, 0.1) is 23.6 Å². The van der Waals surface area contributed by atoms with E-state index in [9.17, 15) is 14.9 Å². The Kier molecular flexibility index (Phi) is 3.06. The van der Waals surface area contributed by atoms with Gasteiger partial charge < -0.3 is 0 Å². The SMILES string of the molecule is Cc1c(C(=O)N2CCCO2)cccc1[N+](=O)[O-]. The van der Waals surface area contributed by atoms with E-state index in [0.29, 0.717) is 24.3 Å². The third-order valence-corrected chi connectivity index (χ3v) is 2.71. The van der Waals surface area contributed by atoms with Crippen LogP contribution >= 0.6 is 0 Å². The molecule has 0 N–H and O–H groups in total. The van der Waals surface area contributed by atoms with E-state index in [1.54, 1.807) is 13.0 Å². The maximum Gasteiger partial charge on any atom is 0.277 e. The Hall–Kier alpha value is -1.95. The number of amides is 1. The molecule has 6 nitrogen and oxygen atoms in total. The van der Waals surface area contributed by atoms with E-state index in [4.69, 9.17) is 4.84 Å². The Balaban J connectivity index is 2.35. The largest absolute Gasteiger partial charge is 0.277 e. The second-order valence-electron chi connectivity index (χ2n) is 3.80. The van der Waals surface area contributed by atoms with E-state index in [1.807, 2.05) is 0 Å². The first-order chi connectivity index (χ1) is 8.11. The number of hydrogen-bond acceptors (Lipinski definition) is 4. The summed E-state index contributed by atoms with van der Waals surface area (Å²) in [5.74, 6) is -0.316. The van der Waals surface area contributed by atoms with Crippen molar-refractivity contribution in [3.8, 4) is 0 Å². The molecule has 0 radical (unpaired) electrons. The number of benzene rings is 1. The molecule has 1 amide bonds. The molecule has 0 bridgehead atoms. The van der Waals surface area contributed by atoms with Gasteiger partial charge in [0, 0.05) is 11.6 Å². The van der Waals surface area contributed by atoms with Gasteiger partial charge in [-0.05, 0) is 19.4 Å². The van der Waals surface area contributed by atoms with Crippen molar-refractivity contribution in [2.45, 2.75) is 13.3 Å². The lowest BCUT2D eigenvalue weighted by atomic mass is 10.1. The molecule has 17 heavy (non-hydrogen) atoms. The summed E-state index contributed by atoms with van der Waals surface area (Å²) in [6.45, 7) is 2.61. The van der Waals surface area contributed by atoms with Crippen LogP contribution in [0.25, 0.3) is 0 Å². The molecular formula is C11H12N2O4. The van der Waals surface area contributed by atoms with Gasteiger partial charge in [0.2, 0.25) is 0 Å². The van der Waals surface area contributed by atoms with Crippen LogP contribution in [0.15, 0.2) is 18.2 Å². The van der Waals surface area contributed by atoms with Crippen LogP contribution in [0.4, 0.5) is 5.69 Å². The van der Waals surface area contributed by atoms with Crippen molar-refractivity contribution in [3.63, 3.8) is 0 Å². The van der Waals surface area contributed by atoms with Gasteiger partial charge in [0.15, 0.2) is 0 Å². The molecule has 0 atom stereocenters. The van der Waals surface area contributed by atoms with Crippen molar-refractivity contribution < 1.29 is 14.6 Å². The van der Waals surface area contributed by atoms with E-state index in [0.717, 1.165) is 6.42 Å². The number of hydrogen-bond donors (Lipinski definition) is 0. The van der Waals surface area contributed by atoms with Crippen molar-refractivity contribution in [2.75, 3.05) is 13.2 Å². The molecule has 1 fully saturated rings. The Bertz CT molecular complexity index is 467. The van der Waals surface area contributed by atoms with Crippen LogP contribution in [-0.2, 0) is 4.84 Å². The number of nitro groups is 1. The molecule has 90 valence electrons. The molecule has 1 aliphatic heterocycles. The summed E-state index contributed by atoms with van der Waals surface area (Å²) in [6.07, 6.45) is 0.791. The zero-order valence-electron chi connectivity index (χ0n) is 9.38. The fraction of sp³-hybridized carbons (Fsp3) is 0.364. The number of rotatable bonds is 2. The molecular weight excluding hydrogens is 224 g/mol. The van der Waals surface area contributed by atoms with Crippen LogP contribution in [0.5, 0.6) is 0 Å². The van der Waals surface area contributed by atoms with Gasteiger partial charge in [0.1, 0.15) is 0 Å². The highest BCUT2D eigenvalue weighted by Gasteiger charge is 2.25. The van der Waals surface area contributed by atoms with Gasteiger partial charge in [-0.3, -0.25) is 19.7 Å². The first-order valence-electron chi connectivity index (χ1n) is 5.30. The fourth-order valence-corrected chi connectivity index (χ4v) is 1.79. The minimum absolute atomic E-state index is 0.0463. The number of nitrogens with zero attached hydrogens (tertiary/aromatic N) is 2. The smallest absolute Gasteiger partial charge is 0.271 e. The predicted molar refractivity (Wildman–Crippen MR) is 59.4 cm³/mol. The quantitative estimate of drug-likeness (QED) is 0.578. The first kappa shape index (κ1) is 11.5. The zero-order chi connectivity index (χ0) is 12.4. The Morgan fingerprint density at radius 1 is 1.53 bits per heavy atom. The summed E-state index contributed by atoms with van der Waals surface area (Å²) in [4.78, 5) is 27.4. The van der Waals surface area contributed by atoms with Gasteiger partial charge >= 0.3 is 0 Å². The summed E-state index contributed by atoms with van der Waals surface area (Å²) >= 11 is 0. The second kappa shape index (κ2) is 4.50.